The minimum Gasteiger partial charge on any atom is -0.495 e. The molecule has 0 aliphatic carbocycles. The summed E-state index contributed by atoms with van der Waals surface area (Å²) >= 11 is 10.2. The maximum atomic E-state index is 12.6. The predicted octanol–water partition coefficient (Wildman–Crippen LogP) is 4.00. The van der Waals surface area contributed by atoms with Crippen LogP contribution in [0.4, 0.5) is 5.69 Å². The summed E-state index contributed by atoms with van der Waals surface area (Å²) in [6.45, 7) is 0. The highest BCUT2D eigenvalue weighted by molar-refractivity contribution is 9.11. The van der Waals surface area contributed by atoms with Crippen LogP contribution < -0.4 is 9.04 Å². The maximum Gasteiger partial charge on any atom is 0.273 e. The molecule has 0 saturated carbocycles. The highest BCUT2D eigenvalue weighted by Crippen LogP contribution is 2.38. The summed E-state index contributed by atoms with van der Waals surface area (Å²) in [6, 6.07) is 8.35. The number of sulfonamides is 1. The first-order valence-corrected chi connectivity index (χ1v) is 8.87. The molecular formula is C12H11BrClNO3S2. The molecule has 0 fully saturated rings. The molecule has 1 aromatic carbocycles. The quantitative estimate of drug-likeness (QED) is 0.785. The van der Waals surface area contributed by atoms with E-state index < -0.39 is 10.0 Å². The molecule has 108 valence electrons. The minimum atomic E-state index is -3.67. The topological polar surface area (TPSA) is 46.6 Å². The second-order valence-corrected chi connectivity index (χ2v) is 8.80. The number of hydrogen-bond donors (Lipinski definition) is 0. The number of methoxy groups -OCH3 is 1. The molecule has 0 aliphatic rings. The van der Waals surface area contributed by atoms with Gasteiger partial charge in [-0.15, -0.1) is 11.3 Å². The Morgan fingerprint density at radius 2 is 2.00 bits per heavy atom. The second kappa shape index (κ2) is 5.93. The van der Waals surface area contributed by atoms with E-state index in [1.807, 2.05) is 0 Å². The van der Waals surface area contributed by atoms with E-state index >= 15 is 0 Å². The Hall–Kier alpha value is -0.760. The molecule has 1 aromatic heterocycles. The molecule has 0 unspecified atom stereocenters. The first-order chi connectivity index (χ1) is 9.37. The monoisotopic (exact) mass is 395 g/mol. The zero-order chi connectivity index (χ0) is 14.9. The van der Waals surface area contributed by atoms with Crippen LogP contribution in [0.25, 0.3) is 0 Å². The summed E-state index contributed by atoms with van der Waals surface area (Å²) in [4.78, 5) is 0. The number of benzene rings is 1. The number of hydrogen-bond acceptors (Lipinski definition) is 4. The van der Waals surface area contributed by atoms with Crippen molar-refractivity contribution in [2.24, 2.45) is 0 Å². The molecule has 0 amide bonds. The van der Waals surface area contributed by atoms with Crippen molar-refractivity contribution in [1.29, 1.82) is 0 Å². The van der Waals surface area contributed by atoms with Crippen molar-refractivity contribution < 1.29 is 13.2 Å². The fourth-order valence-corrected chi connectivity index (χ4v) is 5.38. The average molecular weight is 397 g/mol. The van der Waals surface area contributed by atoms with Gasteiger partial charge < -0.3 is 4.74 Å². The summed E-state index contributed by atoms with van der Waals surface area (Å²) in [6.07, 6.45) is 0. The van der Waals surface area contributed by atoms with E-state index in [2.05, 4.69) is 15.9 Å². The highest BCUT2D eigenvalue weighted by Gasteiger charge is 2.26. The lowest BCUT2D eigenvalue weighted by Crippen LogP contribution is -2.26. The minimum absolute atomic E-state index is 0.169. The van der Waals surface area contributed by atoms with Gasteiger partial charge in [-0.3, -0.25) is 4.31 Å². The Labute approximate surface area is 135 Å². The fourth-order valence-electron chi connectivity index (χ4n) is 1.61. The number of nitrogens with zero attached hydrogens (tertiary/aromatic N) is 1. The van der Waals surface area contributed by atoms with Gasteiger partial charge in [0.2, 0.25) is 0 Å². The molecule has 20 heavy (non-hydrogen) atoms. The molecule has 2 aromatic rings. The number of rotatable bonds is 4. The smallest absolute Gasteiger partial charge is 0.273 e. The van der Waals surface area contributed by atoms with E-state index in [0.717, 1.165) is 11.3 Å². The Kier molecular flexibility index (Phi) is 4.63. The molecule has 8 heteroatoms. The Morgan fingerprint density at radius 1 is 1.35 bits per heavy atom. The average Bonchev–Trinajstić information content (AvgIpc) is 2.78. The lowest BCUT2D eigenvalue weighted by molar-refractivity contribution is 0.416. The van der Waals surface area contributed by atoms with Gasteiger partial charge in [-0.25, -0.2) is 8.42 Å². The number of anilines is 1. The molecule has 0 atom stereocenters. The van der Waals surface area contributed by atoms with Gasteiger partial charge >= 0.3 is 0 Å². The van der Waals surface area contributed by atoms with E-state index in [-0.39, 0.29) is 4.21 Å². The standard InChI is InChI=1S/C12H11BrClNO3S2/c1-15(9-5-3-4-6-10(9)18-2)20(16,17)11-7-8(14)12(13)19-11/h3-7H,1-2H3. The molecule has 0 saturated heterocycles. The van der Waals surface area contributed by atoms with Crippen LogP contribution in [0.3, 0.4) is 0 Å². The first kappa shape index (κ1) is 15.6. The van der Waals surface area contributed by atoms with Crippen molar-refractivity contribution in [2.75, 3.05) is 18.5 Å². The zero-order valence-corrected chi connectivity index (χ0v) is 14.6. The summed E-state index contributed by atoms with van der Waals surface area (Å²) in [5, 5.41) is 0.377. The molecule has 0 N–H and O–H groups in total. The Bertz CT molecular complexity index is 711. The van der Waals surface area contributed by atoms with Crippen LogP contribution in [0.2, 0.25) is 5.02 Å². The lowest BCUT2D eigenvalue weighted by Gasteiger charge is -2.20. The molecular weight excluding hydrogens is 386 g/mol. The molecule has 0 bridgehead atoms. The fraction of sp³-hybridized carbons (Fsp3) is 0.167. The number of halogens is 2. The molecule has 0 radical (unpaired) electrons. The normalized spacial score (nSPS) is 11.4. The van der Waals surface area contributed by atoms with Crippen molar-refractivity contribution in [3.8, 4) is 5.75 Å². The second-order valence-electron chi connectivity index (χ2n) is 3.83. The Balaban J connectivity index is 2.48. The van der Waals surface area contributed by atoms with Crippen molar-refractivity contribution in [3.63, 3.8) is 0 Å². The predicted molar refractivity (Wildman–Crippen MR) is 85.6 cm³/mol. The van der Waals surface area contributed by atoms with E-state index in [9.17, 15) is 8.42 Å². The van der Waals surface area contributed by atoms with Gasteiger partial charge in [0.25, 0.3) is 10.0 Å². The number of thiophene rings is 1. The van der Waals surface area contributed by atoms with Crippen LogP contribution in [0.1, 0.15) is 0 Å². The van der Waals surface area contributed by atoms with Crippen LogP contribution in [0.5, 0.6) is 5.75 Å². The van der Waals surface area contributed by atoms with Gasteiger partial charge in [-0.1, -0.05) is 23.7 Å². The van der Waals surface area contributed by atoms with Gasteiger partial charge in [-0.05, 0) is 34.1 Å². The third kappa shape index (κ3) is 2.81. The highest BCUT2D eigenvalue weighted by atomic mass is 79.9. The van der Waals surface area contributed by atoms with Crippen molar-refractivity contribution in [1.82, 2.24) is 0 Å². The van der Waals surface area contributed by atoms with Crippen molar-refractivity contribution >= 4 is 54.6 Å². The summed E-state index contributed by atoms with van der Waals surface area (Å²) < 4.78 is 32.3. The summed E-state index contributed by atoms with van der Waals surface area (Å²) in [5.41, 5.74) is 0.468. The van der Waals surface area contributed by atoms with Gasteiger partial charge in [0.05, 0.1) is 21.6 Å². The lowest BCUT2D eigenvalue weighted by atomic mass is 10.3. The van der Waals surface area contributed by atoms with Crippen LogP contribution >= 0.6 is 38.9 Å². The maximum absolute atomic E-state index is 12.6. The van der Waals surface area contributed by atoms with Crippen LogP contribution in [0.15, 0.2) is 38.3 Å². The third-order valence-corrected chi connectivity index (χ3v) is 7.36. The van der Waals surface area contributed by atoms with Gasteiger partial charge in [-0.2, -0.15) is 0 Å². The van der Waals surface area contributed by atoms with Crippen molar-refractivity contribution in [2.45, 2.75) is 4.21 Å². The van der Waals surface area contributed by atoms with E-state index in [1.54, 1.807) is 24.3 Å². The molecule has 2 rings (SSSR count). The summed E-state index contributed by atoms with van der Waals surface area (Å²) in [7, 11) is -0.690. The van der Waals surface area contributed by atoms with Gasteiger partial charge in [0.15, 0.2) is 0 Å². The van der Waals surface area contributed by atoms with Gasteiger partial charge in [0.1, 0.15) is 9.96 Å². The van der Waals surface area contributed by atoms with Crippen molar-refractivity contribution in [3.05, 3.63) is 39.1 Å². The SMILES string of the molecule is COc1ccccc1N(C)S(=O)(=O)c1cc(Cl)c(Br)s1. The zero-order valence-electron chi connectivity index (χ0n) is 10.6. The first-order valence-electron chi connectivity index (χ1n) is 5.44. The molecule has 0 aliphatic heterocycles. The van der Waals surface area contributed by atoms with Crippen LogP contribution in [-0.4, -0.2) is 22.6 Å². The van der Waals surface area contributed by atoms with E-state index in [4.69, 9.17) is 16.3 Å². The molecule has 0 spiro atoms. The molecule has 1 heterocycles. The number of ether oxygens (including phenoxy) is 1. The van der Waals surface area contributed by atoms with E-state index in [1.165, 1.54) is 24.5 Å². The van der Waals surface area contributed by atoms with Gasteiger partial charge in [0, 0.05) is 7.05 Å². The van der Waals surface area contributed by atoms with E-state index in [0.29, 0.717) is 20.2 Å². The largest absolute Gasteiger partial charge is 0.495 e. The van der Waals surface area contributed by atoms with Crippen LogP contribution in [-0.2, 0) is 10.0 Å². The third-order valence-electron chi connectivity index (χ3n) is 2.66. The molecule has 4 nitrogen and oxygen atoms in total. The number of para-hydroxylation sites is 2. The summed E-state index contributed by atoms with van der Waals surface area (Å²) in [5.74, 6) is 0.486. The van der Waals surface area contributed by atoms with Crippen LogP contribution in [0, 0.1) is 0 Å². The Morgan fingerprint density at radius 3 is 2.55 bits per heavy atom.